The van der Waals surface area contributed by atoms with Crippen molar-refractivity contribution in [3.05, 3.63) is 70.0 Å². The highest BCUT2D eigenvalue weighted by molar-refractivity contribution is 6.30. The molecule has 9 heteroatoms. The molecule has 0 bridgehead atoms. The summed E-state index contributed by atoms with van der Waals surface area (Å²) in [6, 6.07) is 13.4. The Hall–Kier alpha value is -1.57. The summed E-state index contributed by atoms with van der Waals surface area (Å²) in [6.45, 7) is 6.79. The van der Waals surface area contributed by atoms with Gasteiger partial charge < -0.3 is 9.64 Å². The van der Waals surface area contributed by atoms with Crippen LogP contribution >= 0.6 is 36.4 Å². The SMILES string of the molecule is Cl.Cl.O=C1OCCN1CCN1CCN(C2CC(c3ccc(F)cc3)c3cc(Cl)ccc32)CC1. The largest absolute Gasteiger partial charge is 0.448 e. The zero-order valence-electron chi connectivity index (χ0n) is 18.3. The lowest BCUT2D eigenvalue weighted by atomic mass is 9.93. The first-order chi connectivity index (χ1) is 15.1. The molecular weight excluding hydrogens is 488 g/mol. The zero-order chi connectivity index (χ0) is 21.4. The van der Waals surface area contributed by atoms with Crippen molar-refractivity contribution in [3.8, 4) is 0 Å². The number of halogens is 4. The van der Waals surface area contributed by atoms with Crippen molar-refractivity contribution in [1.29, 1.82) is 0 Å². The molecule has 0 spiro atoms. The van der Waals surface area contributed by atoms with Crippen LogP contribution in [0.2, 0.25) is 5.02 Å². The summed E-state index contributed by atoms with van der Waals surface area (Å²) in [6.07, 6.45) is 0.799. The van der Waals surface area contributed by atoms with Gasteiger partial charge in [-0.1, -0.05) is 29.8 Å². The van der Waals surface area contributed by atoms with Crippen LogP contribution in [0.4, 0.5) is 9.18 Å². The molecule has 2 aromatic rings. The fourth-order valence-electron chi connectivity index (χ4n) is 5.17. The van der Waals surface area contributed by atoms with Gasteiger partial charge in [-0.25, -0.2) is 9.18 Å². The van der Waals surface area contributed by atoms with E-state index in [1.807, 2.05) is 18.2 Å². The van der Waals surface area contributed by atoms with Crippen LogP contribution in [-0.4, -0.2) is 73.2 Å². The monoisotopic (exact) mass is 515 g/mol. The second kappa shape index (κ2) is 11.2. The van der Waals surface area contributed by atoms with E-state index in [0.29, 0.717) is 19.2 Å². The number of carbonyl (C=O) groups excluding carboxylic acids is 1. The van der Waals surface area contributed by atoms with E-state index in [-0.39, 0.29) is 42.6 Å². The van der Waals surface area contributed by atoms with Crippen LogP contribution < -0.4 is 0 Å². The molecule has 5 nitrogen and oxygen atoms in total. The van der Waals surface area contributed by atoms with Crippen molar-refractivity contribution < 1.29 is 13.9 Å². The fourth-order valence-corrected chi connectivity index (χ4v) is 5.35. The van der Waals surface area contributed by atoms with Gasteiger partial charge in [0, 0.05) is 56.3 Å². The van der Waals surface area contributed by atoms with Gasteiger partial charge in [0.25, 0.3) is 0 Å². The van der Waals surface area contributed by atoms with E-state index in [9.17, 15) is 9.18 Å². The van der Waals surface area contributed by atoms with E-state index in [2.05, 4.69) is 21.9 Å². The Bertz CT molecular complexity index is 954. The van der Waals surface area contributed by atoms with Gasteiger partial charge in [-0.3, -0.25) is 9.80 Å². The van der Waals surface area contributed by atoms with Gasteiger partial charge in [0.2, 0.25) is 0 Å². The Morgan fingerprint density at radius 2 is 1.67 bits per heavy atom. The van der Waals surface area contributed by atoms with E-state index in [1.165, 1.54) is 11.1 Å². The normalized spacial score (nSPS) is 23.0. The molecule has 0 saturated carbocycles. The molecule has 1 aliphatic carbocycles. The van der Waals surface area contributed by atoms with Gasteiger partial charge in [0.1, 0.15) is 12.4 Å². The van der Waals surface area contributed by atoms with E-state index >= 15 is 0 Å². The summed E-state index contributed by atoms with van der Waals surface area (Å²) in [5, 5.41) is 0.747. The molecule has 180 valence electrons. The molecular formula is C24H29Cl3FN3O2. The molecule has 0 N–H and O–H groups in total. The number of piperazine rings is 1. The van der Waals surface area contributed by atoms with E-state index in [4.69, 9.17) is 16.3 Å². The lowest BCUT2D eigenvalue weighted by Crippen LogP contribution is -2.49. The summed E-state index contributed by atoms with van der Waals surface area (Å²) in [4.78, 5) is 18.4. The molecule has 3 aliphatic rings. The average Bonchev–Trinajstić information content (AvgIpc) is 3.36. The molecule has 2 fully saturated rings. The number of carbonyl (C=O) groups is 1. The predicted octanol–water partition coefficient (Wildman–Crippen LogP) is 4.97. The molecule has 1 amide bonds. The Morgan fingerprint density at radius 1 is 0.939 bits per heavy atom. The van der Waals surface area contributed by atoms with Crippen molar-refractivity contribution in [2.24, 2.45) is 0 Å². The second-order valence-electron chi connectivity index (χ2n) is 8.61. The van der Waals surface area contributed by atoms with Crippen LogP contribution in [0.3, 0.4) is 0 Å². The number of hydrogen-bond acceptors (Lipinski definition) is 4. The van der Waals surface area contributed by atoms with Crippen molar-refractivity contribution in [3.63, 3.8) is 0 Å². The zero-order valence-corrected chi connectivity index (χ0v) is 20.7. The van der Waals surface area contributed by atoms with Crippen LogP contribution in [0.1, 0.15) is 35.1 Å². The fraction of sp³-hybridized carbons (Fsp3) is 0.458. The lowest BCUT2D eigenvalue weighted by Gasteiger charge is -2.38. The Labute approximate surface area is 211 Å². The first-order valence-electron chi connectivity index (χ1n) is 11.0. The quantitative estimate of drug-likeness (QED) is 0.562. The molecule has 2 atom stereocenters. The number of nitrogens with zero attached hydrogens (tertiary/aromatic N) is 3. The minimum atomic E-state index is -0.206. The van der Waals surface area contributed by atoms with Gasteiger partial charge >= 0.3 is 6.09 Å². The smallest absolute Gasteiger partial charge is 0.409 e. The number of ether oxygens (including phenoxy) is 1. The number of fused-ring (bicyclic) bond motifs is 1. The lowest BCUT2D eigenvalue weighted by molar-refractivity contribution is 0.0893. The average molecular weight is 517 g/mol. The maximum atomic E-state index is 13.5. The van der Waals surface area contributed by atoms with Crippen molar-refractivity contribution >= 4 is 42.5 Å². The van der Waals surface area contributed by atoms with Crippen molar-refractivity contribution in [1.82, 2.24) is 14.7 Å². The van der Waals surface area contributed by atoms with Gasteiger partial charge in [0.15, 0.2) is 0 Å². The third-order valence-corrected chi connectivity index (χ3v) is 7.13. The van der Waals surface area contributed by atoms with Crippen LogP contribution in [-0.2, 0) is 4.74 Å². The summed E-state index contributed by atoms with van der Waals surface area (Å²) >= 11 is 6.34. The molecule has 0 radical (unpaired) electrons. The van der Waals surface area contributed by atoms with E-state index in [0.717, 1.165) is 56.3 Å². The molecule has 2 saturated heterocycles. The maximum absolute atomic E-state index is 13.5. The summed E-state index contributed by atoms with van der Waals surface area (Å²) in [7, 11) is 0. The molecule has 5 rings (SSSR count). The van der Waals surface area contributed by atoms with Gasteiger partial charge in [-0.2, -0.15) is 0 Å². The summed E-state index contributed by atoms with van der Waals surface area (Å²) < 4.78 is 18.5. The Kier molecular flexibility index (Phi) is 8.87. The molecule has 2 aliphatic heterocycles. The standard InChI is InChI=1S/C24H27ClFN3O2.2ClH/c25-18-3-6-20-22(15-18)21(17-1-4-19(26)5-2-17)16-23(20)28-10-7-27(8-11-28)9-12-29-13-14-31-24(29)30;;/h1-6,15,21,23H,7-14,16H2;2*1H. The van der Waals surface area contributed by atoms with Crippen LogP contribution in [0.5, 0.6) is 0 Å². The predicted molar refractivity (Wildman–Crippen MR) is 132 cm³/mol. The van der Waals surface area contributed by atoms with Crippen LogP contribution in [0.15, 0.2) is 42.5 Å². The van der Waals surface area contributed by atoms with Crippen molar-refractivity contribution in [2.45, 2.75) is 18.4 Å². The third kappa shape index (κ3) is 5.57. The van der Waals surface area contributed by atoms with Crippen molar-refractivity contribution in [2.75, 3.05) is 52.4 Å². The van der Waals surface area contributed by atoms with E-state index in [1.54, 1.807) is 17.0 Å². The molecule has 2 heterocycles. The number of cyclic esters (lactones) is 1. The first-order valence-corrected chi connectivity index (χ1v) is 11.4. The Morgan fingerprint density at radius 3 is 2.33 bits per heavy atom. The number of rotatable bonds is 5. The molecule has 2 aromatic carbocycles. The molecule has 33 heavy (non-hydrogen) atoms. The maximum Gasteiger partial charge on any atom is 0.409 e. The minimum absolute atomic E-state index is 0. The van der Waals surface area contributed by atoms with Gasteiger partial charge in [-0.05, 0) is 47.4 Å². The second-order valence-corrected chi connectivity index (χ2v) is 9.04. The van der Waals surface area contributed by atoms with Crippen LogP contribution in [0.25, 0.3) is 0 Å². The topological polar surface area (TPSA) is 36.0 Å². The van der Waals surface area contributed by atoms with E-state index < -0.39 is 0 Å². The van der Waals surface area contributed by atoms with Gasteiger partial charge in [0.05, 0.1) is 6.54 Å². The summed E-state index contributed by atoms with van der Waals surface area (Å²) in [5.41, 5.74) is 3.75. The number of hydrogen-bond donors (Lipinski definition) is 0. The first kappa shape index (κ1) is 26.0. The molecule has 2 unspecified atom stereocenters. The minimum Gasteiger partial charge on any atom is -0.448 e. The molecule has 0 aromatic heterocycles. The van der Waals surface area contributed by atoms with Crippen LogP contribution in [0, 0.1) is 5.82 Å². The Balaban J connectivity index is 0.00000153. The highest BCUT2D eigenvalue weighted by atomic mass is 35.5. The number of benzene rings is 2. The third-order valence-electron chi connectivity index (χ3n) is 6.89. The summed E-state index contributed by atoms with van der Waals surface area (Å²) in [5.74, 6) is 0.0291. The van der Waals surface area contributed by atoms with Gasteiger partial charge in [-0.15, -0.1) is 24.8 Å². The number of amides is 1. The highest BCUT2D eigenvalue weighted by Gasteiger charge is 2.36. The highest BCUT2D eigenvalue weighted by Crippen LogP contribution is 2.47.